The summed E-state index contributed by atoms with van der Waals surface area (Å²) in [7, 11) is 0. The van der Waals surface area contributed by atoms with E-state index in [1.807, 2.05) is 6.20 Å². The zero-order chi connectivity index (χ0) is 21.2. The van der Waals surface area contributed by atoms with Crippen LogP contribution in [0.25, 0.3) is 16.6 Å². The fourth-order valence-corrected chi connectivity index (χ4v) is 4.20. The molecule has 0 aliphatic rings. The Morgan fingerprint density at radius 2 is 1.62 bits per heavy atom. The van der Waals surface area contributed by atoms with E-state index in [1.54, 1.807) is 0 Å². The predicted molar refractivity (Wildman–Crippen MR) is 126 cm³/mol. The summed E-state index contributed by atoms with van der Waals surface area (Å²) < 4.78 is 2.07. The number of unbranched alkanes of at least 4 members (excludes halogenated alkanes) is 1. The van der Waals surface area contributed by atoms with E-state index in [1.165, 1.54) is 41.3 Å². The Morgan fingerprint density at radius 3 is 2.21 bits per heavy atom. The Bertz CT molecular complexity index is 933. The van der Waals surface area contributed by atoms with E-state index in [-0.39, 0.29) is 5.41 Å². The summed E-state index contributed by atoms with van der Waals surface area (Å²) in [5, 5.41) is 5.93. The average Bonchev–Trinajstić information content (AvgIpc) is 3.06. The average molecular weight is 391 g/mol. The van der Waals surface area contributed by atoms with Gasteiger partial charge in [0, 0.05) is 5.39 Å². The van der Waals surface area contributed by atoms with Gasteiger partial charge in [-0.1, -0.05) is 73.1 Å². The number of hydrogen-bond donors (Lipinski definition) is 0. The van der Waals surface area contributed by atoms with Crippen molar-refractivity contribution in [2.45, 2.75) is 80.1 Å². The van der Waals surface area contributed by atoms with Gasteiger partial charge in [0.1, 0.15) is 0 Å². The smallest absolute Gasteiger partial charge is 0.0741 e. The van der Waals surface area contributed by atoms with Gasteiger partial charge in [0.2, 0.25) is 0 Å². The minimum atomic E-state index is 0.227. The van der Waals surface area contributed by atoms with Crippen LogP contribution in [0.15, 0.2) is 48.7 Å². The van der Waals surface area contributed by atoms with Crippen LogP contribution in [0.4, 0.5) is 0 Å². The zero-order valence-electron chi connectivity index (χ0n) is 19.4. The van der Waals surface area contributed by atoms with Crippen molar-refractivity contribution in [3.63, 3.8) is 0 Å². The van der Waals surface area contributed by atoms with E-state index in [4.69, 9.17) is 5.10 Å². The van der Waals surface area contributed by atoms with Crippen molar-refractivity contribution in [1.82, 2.24) is 9.78 Å². The van der Waals surface area contributed by atoms with Crippen molar-refractivity contribution in [1.29, 1.82) is 0 Å². The van der Waals surface area contributed by atoms with Gasteiger partial charge in [-0.2, -0.15) is 5.10 Å². The molecule has 1 atom stereocenters. The normalized spacial score (nSPS) is 13.8. The molecule has 2 nitrogen and oxygen atoms in total. The van der Waals surface area contributed by atoms with Crippen LogP contribution in [-0.4, -0.2) is 9.78 Å². The van der Waals surface area contributed by atoms with Gasteiger partial charge in [-0.3, -0.25) is 0 Å². The van der Waals surface area contributed by atoms with Crippen LogP contribution in [0.3, 0.4) is 0 Å². The minimum absolute atomic E-state index is 0.227. The van der Waals surface area contributed by atoms with Crippen LogP contribution in [0.1, 0.15) is 84.8 Å². The second kappa shape index (κ2) is 8.34. The Morgan fingerprint density at radius 1 is 0.931 bits per heavy atom. The molecule has 0 aliphatic heterocycles. The molecule has 29 heavy (non-hydrogen) atoms. The maximum Gasteiger partial charge on any atom is 0.0741 e. The number of fused-ring (bicyclic) bond motifs is 1. The van der Waals surface area contributed by atoms with Gasteiger partial charge in [0.25, 0.3) is 0 Å². The molecule has 0 radical (unpaired) electrons. The molecular formula is C27H38N2. The molecule has 2 aromatic carbocycles. The van der Waals surface area contributed by atoms with Crippen molar-refractivity contribution in [2.24, 2.45) is 10.8 Å². The Labute approximate surface area is 177 Å². The molecule has 1 heterocycles. The van der Waals surface area contributed by atoms with Gasteiger partial charge in [-0.15, -0.1) is 0 Å². The van der Waals surface area contributed by atoms with Gasteiger partial charge >= 0.3 is 0 Å². The first-order valence-electron chi connectivity index (χ1n) is 11.2. The maximum atomic E-state index is 4.71. The lowest BCUT2D eigenvalue weighted by atomic mass is 9.69. The molecule has 3 rings (SSSR count). The summed E-state index contributed by atoms with van der Waals surface area (Å²) >= 11 is 0. The first-order chi connectivity index (χ1) is 13.6. The second-order valence-corrected chi connectivity index (χ2v) is 10.8. The van der Waals surface area contributed by atoms with Crippen molar-refractivity contribution in [2.75, 3.05) is 0 Å². The minimum Gasteiger partial charge on any atom is -0.233 e. The summed E-state index contributed by atoms with van der Waals surface area (Å²) in [5.74, 6) is 0.521. The Kier molecular flexibility index (Phi) is 6.22. The molecule has 1 unspecified atom stereocenters. The molecule has 156 valence electrons. The van der Waals surface area contributed by atoms with Gasteiger partial charge in [-0.05, 0) is 71.4 Å². The van der Waals surface area contributed by atoms with Gasteiger partial charge in [0.05, 0.1) is 17.4 Å². The summed E-state index contributed by atoms with van der Waals surface area (Å²) in [6, 6.07) is 15.8. The SMILES string of the molecule is CCCCc1ccc(-n2ncc3cc(C(CC(C)(C)C)C(C)(C)C)ccc32)cc1. The highest BCUT2D eigenvalue weighted by Crippen LogP contribution is 2.43. The predicted octanol–water partition coefficient (Wildman–Crippen LogP) is 7.93. The lowest BCUT2D eigenvalue weighted by molar-refractivity contribution is 0.229. The number of aromatic nitrogens is 2. The molecule has 0 saturated heterocycles. The molecule has 0 saturated carbocycles. The molecule has 0 aliphatic carbocycles. The van der Waals surface area contributed by atoms with Crippen molar-refractivity contribution in [3.05, 3.63) is 59.8 Å². The summed E-state index contributed by atoms with van der Waals surface area (Å²) in [6.45, 7) is 16.3. The van der Waals surface area contributed by atoms with Crippen LogP contribution in [0.5, 0.6) is 0 Å². The lowest BCUT2D eigenvalue weighted by Crippen LogP contribution is -2.23. The molecular weight excluding hydrogens is 352 g/mol. The number of hydrogen-bond acceptors (Lipinski definition) is 1. The number of benzene rings is 2. The number of nitrogens with zero attached hydrogens (tertiary/aromatic N) is 2. The number of aryl methyl sites for hydroxylation is 1. The van der Waals surface area contributed by atoms with Crippen LogP contribution in [0, 0.1) is 10.8 Å². The highest BCUT2D eigenvalue weighted by atomic mass is 15.3. The van der Waals surface area contributed by atoms with Crippen molar-refractivity contribution in [3.8, 4) is 5.69 Å². The Balaban J connectivity index is 1.93. The topological polar surface area (TPSA) is 17.8 Å². The van der Waals surface area contributed by atoms with Gasteiger partial charge in [0.15, 0.2) is 0 Å². The lowest BCUT2D eigenvalue weighted by Gasteiger charge is -2.36. The molecule has 3 aromatic rings. The largest absolute Gasteiger partial charge is 0.233 e. The zero-order valence-corrected chi connectivity index (χ0v) is 19.4. The fraction of sp³-hybridized carbons (Fsp3) is 0.519. The van der Waals surface area contributed by atoms with E-state index in [0.717, 1.165) is 12.1 Å². The van der Waals surface area contributed by atoms with Crippen molar-refractivity contribution >= 4 is 10.9 Å². The molecule has 2 heteroatoms. The molecule has 0 N–H and O–H groups in total. The summed E-state index contributed by atoms with van der Waals surface area (Å²) in [6.07, 6.45) is 6.83. The molecule has 0 fully saturated rings. The van der Waals surface area contributed by atoms with E-state index in [2.05, 4.69) is 95.6 Å². The van der Waals surface area contributed by atoms with Crippen LogP contribution in [0.2, 0.25) is 0 Å². The van der Waals surface area contributed by atoms with Crippen molar-refractivity contribution < 1.29 is 0 Å². The molecule has 0 amide bonds. The first-order valence-corrected chi connectivity index (χ1v) is 11.2. The molecule has 0 spiro atoms. The Hall–Kier alpha value is -2.09. The third-order valence-corrected chi connectivity index (χ3v) is 5.86. The second-order valence-electron chi connectivity index (χ2n) is 10.8. The van der Waals surface area contributed by atoms with E-state index in [0.29, 0.717) is 11.3 Å². The van der Waals surface area contributed by atoms with E-state index >= 15 is 0 Å². The third kappa shape index (κ3) is 5.29. The monoisotopic (exact) mass is 390 g/mol. The third-order valence-electron chi connectivity index (χ3n) is 5.86. The van der Waals surface area contributed by atoms with Gasteiger partial charge < -0.3 is 0 Å². The van der Waals surface area contributed by atoms with Gasteiger partial charge in [-0.25, -0.2) is 4.68 Å². The fourth-order valence-electron chi connectivity index (χ4n) is 4.20. The highest BCUT2D eigenvalue weighted by molar-refractivity contribution is 5.81. The summed E-state index contributed by atoms with van der Waals surface area (Å²) in [4.78, 5) is 0. The van der Waals surface area contributed by atoms with E-state index in [9.17, 15) is 0 Å². The van der Waals surface area contributed by atoms with Crippen LogP contribution >= 0.6 is 0 Å². The standard InChI is InChI=1S/C27H38N2/c1-8-9-10-20-11-14-23(15-12-20)29-25-16-13-21(17-22(25)19-28-29)24(27(5,6)7)18-26(2,3)4/h11-17,19,24H,8-10,18H2,1-7H3. The molecule has 0 bridgehead atoms. The highest BCUT2D eigenvalue weighted by Gasteiger charge is 2.30. The van der Waals surface area contributed by atoms with E-state index < -0.39 is 0 Å². The maximum absolute atomic E-state index is 4.71. The molecule has 1 aromatic heterocycles. The summed E-state index contributed by atoms with van der Waals surface area (Å²) in [5.41, 5.74) is 5.68. The first kappa shape index (κ1) is 21.6. The van der Waals surface area contributed by atoms with Crippen LogP contribution in [-0.2, 0) is 6.42 Å². The number of rotatable bonds is 6. The quantitative estimate of drug-likeness (QED) is 0.418. The van der Waals surface area contributed by atoms with Crippen LogP contribution < -0.4 is 0 Å².